The number of carboxylic acids is 1. The molecule has 0 unspecified atom stereocenters. The van der Waals surface area contributed by atoms with Crippen molar-refractivity contribution in [3.63, 3.8) is 0 Å². The lowest BCUT2D eigenvalue weighted by molar-refractivity contribution is -0.268. The van der Waals surface area contributed by atoms with E-state index in [9.17, 15) is 14.7 Å². The lowest BCUT2D eigenvalue weighted by Crippen LogP contribution is -2.08. The monoisotopic (exact) mass is 221 g/mol. The first kappa shape index (κ1) is 11.9. The molecule has 0 spiro atoms. The van der Waals surface area contributed by atoms with Crippen LogP contribution in [0, 0.1) is 0 Å². The smallest absolute Gasteiger partial charge is 0.376 e. The van der Waals surface area contributed by atoms with Crippen LogP contribution in [-0.2, 0) is 16.2 Å². The van der Waals surface area contributed by atoms with Crippen molar-refractivity contribution in [1.82, 2.24) is 0 Å². The topological polar surface area (TPSA) is 97.7 Å². The summed E-state index contributed by atoms with van der Waals surface area (Å²) in [6.07, 6.45) is 1.96. The van der Waals surface area contributed by atoms with E-state index in [2.05, 4.69) is 0 Å². The van der Waals surface area contributed by atoms with Gasteiger partial charge >= 0.3 is 5.97 Å². The molecule has 5 heteroatoms. The van der Waals surface area contributed by atoms with Gasteiger partial charge in [0.1, 0.15) is 0 Å². The van der Waals surface area contributed by atoms with E-state index in [0.29, 0.717) is 5.56 Å². The molecule has 0 fully saturated rings. The number of carbonyl (C=O) groups excluding carboxylic acids is 1. The van der Waals surface area contributed by atoms with Crippen molar-refractivity contribution in [2.45, 2.75) is 6.61 Å². The van der Waals surface area contributed by atoms with Gasteiger partial charge in [-0.1, -0.05) is 24.3 Å². The highest BCUT2D eigenvalue weighted by molar-refractivity contribution is 6.38. The molecule has 0 aliphatic carbocycles. The second-order valence-corrected chi connectivity index (χ2v) is 3.03. The van der Waals surface area contributed by atoms with Crippen molar-refractivity contribution < 1.29 is 24.9 Å². The number of aliphatic hydroxyl groups excluding tert-OH is 1. The summed E-state index contributed by atoms with van der Waals surface area (Å²) < 4.78 is 0. The molecule has 0 atom stereocenters. The first-order valence-electron chi connectivity index (χ1n) is 4.40. The minimum atomic E-state index is -1.57. The van der Waals surface area contributed by atoms with E-state index >= 15 is 0 Å². The predicted molar refractivity (Wildman–Crippen MR) is 53.5 cm³/mol. The fraction of sp³-hybridized carbons (Fsp3) is 0.0909. The number of aliphatic carboxylic acids is 1. The van der Waals surface area contributed by atoms with Crippen LogP contribution in [0.5, 0.6) is 5.75 Å². The molecule has 0 amide bonds. The molecule has 0 aliphatic rings. The Kier molecular flexibility index (Phi) is 3.79. The quantitative estimate of drug-likeness (QED) is 0.547. The third-order valence-corrected chi connectivity index (χ3v) is 1.89. The first-order valence-corrected chi connectivity index (χ1v) is 4.40. The van der Waals surface area contributed by atoms with Gasteiger partial charge in [0.05, 0.1) is 6.61 Å². The Morgan fingerprint density at radius 2 is 2.06 bits per heavy atom. The lowest BCUT2D eigenvalue weighted by atomic mass is 10.1. The molecular weight excluding hydrogens is 212 g/mol. The van der Waals surface area contributed by atoms with Crippen LogP contribution in [0.2, 0.25) is 0 Å². The molecular formula is C11H9O5-. The number of ketones is 1. The summed E-state index contributed by atoms with van der Waals surface area (Å²) in [5, 5.41) is 28.4. The van der Waals surface area contributed by atoms with Gasteiger partial charge in [-0.05, 0) is 17.2 Å². The molecule has 0 radical (unpaired) electrons. The van der Waals surface area contributed by atoms with E-state index in [-0.39, 0.29) is 17.9 Å². The Hall–Kier alpha value is -2.14. The summed E-state index contributed by atoms with van der Waals surface area (Å²) in [5.74, 6) is -3.04. The van der Waals surface area contributed by atoms with E-state index in [1.807, 2.05) is 0 Å². The van der Waals surface area contributed by atoms with Gasteiger partial charge in [0.2, 0.25) is 0 Å². The van der Waals surface area contributed by atoms with Crippen LogP contribution in [0.25, 0.3) is 6.08 Å². The van der Waals surface area contributed by atoms with E-state index in [0.717, 1.165) is 12.2 Å². The van der Waals surface area contributed by atoms with Crippen LogP contribution in [0.15, 0.2) is 24.3 Å². The molecule has 16 heavy (non-hydrogen) atoms. The summed E-state index contributed by atoms with van der Waals surface area (Å²) in [7, 11) is 0. The molecule has 5 nitrogen and oxygen atoms in total. The van der Waals surface area contributed by atoms with Crippen LogP contribution >= 0.6 is 0 Å². The Labute approximate surface area is 91.3 Å². The van der Waals surface area contributed by atoms with Gasteiger partial charge in [-0.3, -0.25) is 4.79 Å². The molecule has 1 aromatic carbocycles. The number of carbonyl (C=O) groups is 2. The van der Waals surface area contributed by atoms with E-state index in [4.69, 9.17) is 10.2 Å². The first-order chi connectivity index (χ1) is 7.54. The summed E-state index contributed by atoms with van der Waals surface area (Å²) >= 11 is 0. The van der Waals surface area contributed by atoms with Crippen molar-refractivity contribution in [1.29, 1.82) is 0 Å². The number of aliphatic hydroxyl groups is 1. The van der Waals surface area contributed by atoms with Crippen LogP contribution in [-0.4, -0.2) is 22.0 Å². The number of benzene rings is 1. The highest BCUT2D eigenvalue weighted by Crippen LogP contribution is 2.17. The average Bonchev–Trinajstić information content (AvgIpc) is 2.26. The van der Waals surface area contributed by atoms with Gasteiger partial charge in [-0.25, -0.2) is 4.79 Å². The Morgan fingerprint density at radius 3 is 2.56 bits per heavy atom. The van der Waals surface area contributed by atoms with Crippen molar-refractivity contribution in [2.24, 2.45) is 0 Å². The molecule has 0 bridgehead atoms. The minimum Gasteiger partial charge on any atom is -0.872 e. The standard InChI is InChI=1S/C11H10O5/c12-6-7-1-2-8(10(14)5-7)3-4-9(13)11(15)16/h1-5,12,14H,6H2,(H,15,16)/p-1/b4-3-. The van der Waals surface area contributed by atoms with Crippen LogP contribution in [0.1, 0.15) is 11.1 Å². The summed E-state index contributed by atoms with van der Waals surface area (Å²) in [5.41, 5.74) is 0.665. The lowest BCUT2D eigenvalue weighted by Gasteiger charge is -2.11. The normalized spacial score (nSPS) is 10.6. The second-order valence-electron chi connectivity index (χ2n) is 3.03. The molecule has 0 heterocycles. The maximum atomic E-state index is 11.4. The van der Waals surface area contributed by atoms with Gasteiger partial charge in [0, 0.05) is 0 Å². The third-order valence-electron chi connectivity index (χ3n) is 1.89. The molecule has 0 aromatic heterocycles. The maximum Gasteiger partial charge on any atom is 0.376 e. The second kappa shape index (κ2) is 5.09. The predicted octanol–water partition coefficient (Wildman–Crippen LogP) is -0.0806. The van der Waals surface area contributed by atoms with E-state index < -0.39 is 11.8 Å². The minimum absolute atomic E-state index is 0.201. The summed E-state index contributed by atoms with van der Waals surface area (Å²) in [6.45, 7) is -0.243. The van der Waals surface area contributed by atoms with Crippen LogP contribution in [0.3, 0.4) is 0 Å². The Bertz CT molecular complexity index is 448. The largest absolute Gasteiger partial charge is 0.872 e. The zero-order chi connectivity index (χ0) is 12.1. The highest BCUT2D eigenvalue weighted by Gasteiger charge is 2.05. The molecule has 1 aromatic rings. The maximum absolute atomic E-state index is 11.4. The van der Waals surface area contributed by atoms with Crippen LogP contribution < -0.4 is 5.11 Å². The number of hydrogen-bond acceptors (Lipinski definition) is 4. The average molecular weight is 221 g/mol. The van der Waals surface area contributed by atoms with Crippen LogP contribution in [0.4, 0.5) is 0 Å². The number of hydrogen-bond donors (Lipinski definition) is 2. The van der Waals surface area contributed by atoms with Crippen molar-refractivity contribution in [3.05, 3.63) is 35.4 Å². The molecule has 84 valence electrons. The van der Waals surface area contributed by atoms with E-state index in [1.165, 1.54) is 18.2 Å². The Balaban J connectivity index is 2.90. The number of rotatable bonds is 4. The zero-order valence-electron chi connectivity index (χ0n) is 8.21. The molecule has 1 rings (SSSR count). The fourth-order valence-corrected chi connectivity index (χ4v) is 1.05. The summed E-state index contributed by atoms with van der Waals surface area (Å²) in [4.78, 5) is 20.9. The third kappa shape index (κ3) is 2.93. The molecule has 0 aliphatic heterocycles. The SMILES string of the molecule is O=C(O)C(=O)/C=C\c1ccc(CO)cc1[O-]. The van der Waals surface area contributed by atoms with Gasteiger partial charge < -0.3 is 15.3 Å². The Morgan fingerprint density at radius 1 is 1.38 bits per heavy atom. The van der Waals surface area contributed by atoms with Gasteiger partial charge in [-0.15, -0.1) is 5.75 Å². The van der Waals surface area contributed by atoms with E-state index in [1.54, 1.807) is 0 Å². The zero-order valence-corrected chi connectivity index (χ0v) is 8.21. The highest BCUT2D eigenvalue weighted by atomic mass is 16.4. The summed E-state index contributed by atoms with van der Waals surface area (Å²) in [6, 6.07) is 4.16. The van der Waals surface area contributed by atoms with Gasteiger partial charge in [0.25, 0.3) is 5.78 Å². The van der Waals surface area contributed by atoms with Crippen molar-refractivity contribution in [2.75, 3.05) is 0 Å². The van der Waals surface area contributed by atoms with Gasteiger partial charge in [0.15, 0.2) is 0 Å². The van der Waals surface area contributed by atoms with Gasteiger partial charge in [-0.2, -0.15) is 0 Å². The molecule has 0 saturated heterocycles. The molecule has 0 saturated carbocycles. The fourth-order valence-electron chi connectivity index (χ4n) is 1.05. The van der Waals surface area contributed by atoms with Crippen molar-refractivity contribution >= 4 is 17.8 Å². The molecule has 2 N–H and O–H groups in total. The van der Waals surface area contributed by atoms with Crippen molar-refractivity contribution in [3.8, 4) is 5.75 Å². The number of carboxylic acid groups (broad SMARTS) is 1.